The SMILES string of the molecule is C=C(C)OC(=O)COc1cccc(CON2C(=O)c3ccccc3C2=O)c1. The molecule has 27 heavy (non-hydrogen) atoms. The van der Waals surface area contributed by atoms with Crippen molar-refractivity contribution >= 4 is 17.8 Å². The molecule has 7 heteroatoms. The average Bonchev–Trinajstić information content (AvgIpc) is 2.89. The number of hydrogen-bond donors (Lipinski definition) is 0. The van der Waals surface area contributed by atoms with Crippen molar-refractivity contribution in [2.45, 2.75) is 13.5 Å². The summed E-state index contributed by atoms with van der Waals surface area (Å²) in [4.78, 5) is 41.4. The highest BCUT2D eigenvalue weighted by atomic mass is 16.7. The molecular weight excluding hydrogens is 350 g/mol. The van der Waals surface area contributed by atoms with E-state index in [9.17, 15) is 14.4 Å². The summed E-state index contributed by atoms with van der Waals surface area (Å²) in [6, 6.07) is 13.3. The Kier molecular flexibility index (Phi) is 5.33. The summed E-state index contributed by atoms with van der Waals surface area (Å²) in [5.41, 5.74) is 1.29. The van der Waals surface area contributed by atoms with Gasteiger partial charge in [-0.3, -0.25) is 14.4 Å². The normalized spacial score (nSPS) is 12.7. The molecule has 2 aromatic carbocycles. The molecule has 2 amide bonds. The largest absolute Gasteiger partial charge is 0.482 e. The van der Waals surface area contributed by atoms with Crippen LogP contribution in [0.3, 0.4) is 0 Å². The number of rotatable bonds is 7. The van der Waals surface area contributed by atoms with E-state index in [-0.39, 0.29) is 19.0 Å². The van der Waals surface area contributed by atoms with Gasteiger partial charge in [0, 0.05) is 0 Å². The van der Waals surface area contributed by atoms with Crippen LogP contribution in [0.5, 0.6) is 5.75 Å². The van der Waals surface area contributed by atoms with Crippen LogP contribution in [0.1, 0.15) is 33.2 Å². The zero-order valence-electron chi connectivity index (χ0n) is 14.6. The third kappa shape index (κ3) is 4.21. The summed E-state index contributed by atoms with van der Waals surface area (Å²) in [6.45, 7) is 4.76. The molecule has 0 spiro atoms. The second-order valence-corrected chi connectivity index (χ2v) is 5.84. The first-order chi connectivity index (χ1) is 13.0. The van der Waals surface area contributed by atoms with E-state index >= 15 is 0 Å². The number of carbonyl (C=O) groups excluding carboxylic acids is 3. The third-order valence-corrected chi connectivity index (χ3v) is 3.66. The lowest BCUT2D eigenvalue weighted by atomic mass is 10.1. The maximum absolute atomic E-state index is 12.3. The standard InChI is InChI=1S/C20H17NO6/c1-13(2)27-18(22)12-25-15-7-5-6-14(10-15)11-26-21-19(23)16-8-3-4-9-17(16)20(21)24/h3-10H,1,11-12H2,2H3. The molecule has 0 saturated heterocycles. The molecule has 0 unspecified atom stereocenters. The van der Waals surface area contributed by atoms with E-state index in [1.807, 2.05) is 0 Å². The first kappa shape index (κ1) is 18.3. The van der Waals surface area contributed by atoms with Crippen LogP contribution in [0, 0.1) is 0 Å². The summed E-state index contributed by atoms with van der Waals surface area (Å²) >= 11 is 0. The van der Waals surface area contributed by atoms with Gasteiger partial charge in [-0.15, -0.1) is 5.06 Å². The van der Waals surface area contributed by atoms with Crippen molar-refractivity contribution in [3.63, 3.8) is 0 Å². The van der Waals surface area contributed by atoms with Gasteiger partial charge >= 0.3 is 5.97 Å². The van der Waals surface area contributed by atoms with E-state index in [1.54, 1.807) is 55.5 Å². The zero-order chi connectivity index (χ0) is 19.4. The monoisotopic (exact) mass is 367 g/mol. The van der Waals surface area contributed by atoms with Gasteiger partial charge in [0.15, 0.2) is 6.61 Å². The average molecular weight is 367 g/mol. The van der Waals surface area contributed by atoms with Gasteiger partial charge in [0.2, 0.25) is 0 Å². The van der Waals surface area contributed by atoms with Crippen LogP contribution in [-0.2, 0) is 21.0 Å². The Morgan fingerprint density at radius 2 is 1.70 bits per heavy atom. The third-order valence-electron chi connectivity index (χ3n) is 3.66. The Balaban J connectivity index is 1.59. The lowest BCUT2D eigenvalue weighted by Gasteiger charge is -2.14. The molecule has 1 heterocycles. The van der Waals surface area contributed by atoms with Gasteiger partial charge in [-0.25, -0.2) is 4.79 Å². The van der Waals surface area contributed by atoms with E-state index in [0.29, 0.717) is 22.4 Å². The highest BCUT2D eigenvalue weighted by Crippen LogP contribution is 2.23. The Labute approximate surface area is 155 Å². The van der Waals surface area contributed by atoms with Crippen LogP contribution in [0.2, 0.25) is 0 Å². The highest BCUT2D eigenvalue weighted by Gasteiger charge is 2.36. The number of nitrogens with zero attached hydrogens (tertiary/aromatic N) is 1. The summed E-state index contributed by atoms with van der Waals surface area (Å²) < 4.78 is 10.2. The van der Waals surface area contributed by atoms with Crippen LogP contribution in [-0.4, -0.2) is 29.5 Å². The number of fused-ring (bicyclic) bond motifs is 1. The first-order valence-corrected chi connectivity index (χ1v) is 8.14. The summed E-state index contributed by atoms with van der Waals surface area (Å²) in [5, 5.41) is 0.752. The molecule has 0 bridgehead atoms. The molecule has 3 rings (SSSR count). The van der Waals surface area contributed by atoms with Gasteiger partial charge in [-0.2, -0.15) is 0 Å². The smallest absolute Gasteiger partial charge is 0.349 e. The van der Waals surface area contributed by atoms with Crippen LogP contribution in [0.4, 0.5) is 0 Å². The minimum absolute atomic E-state index is 0.0150. The fraction of sp³-hybridized carbons (Fsp3) is 0.150. The molecular formula is C20H17NO6. The molecule has 1 aliphatic rings. The molecule has 0 saturated carbocycles. The molecule has 0 atom stereocenters. The fourth-order valence-corrected chi connectivity index (χ4v) is 2.51. The number of imide groups is 1. The van der Waals surface area contributed by atoms with Gasteiger partial charge < -0.3 is 9.47 Å². The Hall–Kier alpha value is -3.45. The van der Waals surface area contributed by atoms with E-state index < -0.39 is 17.8 Å². The molecule has 0 aliphatic carbocycles. The van der Waals surface area contributed by atoms with Crippen molar-refractivity contribution in [1.82, 2.24) is 5.06 Å². The number of hydroxylamine groups is 2. The second kappa shape index (κ2) is 7.84. The lowest BCUT2D eigenvalue weighted by Crippen LogP contribution is -2.29. The predicted molar refractivity (Wildman–Crippen MR) is 94.6 cm³/mol. The van der Waals surface area contributed by atoms with Crippen LogP contribution >= 0.6 is 0 Å². The number of amides is 2. The topological polar surface area (TPSA) is 82.1 Å². The molecule has 0 fully saturated rings. The molecule has 1 aliphatic heterocycles. The second-order valence-electron chi connectivity index (χ2n) is 5.84. The van der Waals surface area contributed by atoms with Gasteiger partial charge in [0.05, 0.1) is 16.9 Å². The van der Waals surface area contributed by atoms with Gasteiger partial charge in [-0.05, 0) is 36.8 Å². The number of ether oxygens (including phenoxy) is 2. The van der Waals surface area contributed by atoms with E-state index in [4.69, 9.17) is 14.3 Å². The van der Waals surface area contributed by atoms with Crippen LogP contribution < -0.4 is 4.74 Å². The summed E-state index contributed by atoms with van der Waals surface area (Å²) in [5.74, 6) is -0.838. The number of benzene rings is 2. The van der Waals surface area contributed by atoms with Gasteiger partial charge in [0.1, 0.15) is 12.4 Å². The van der Waals surface area contributed by atoms with Crippen molar-refractivity contribution in [1.29, 1.82) is 0 Å². The van der Waals surface area contributed by atoms with E-state index in [2.05, 4.69) is 6.58 Å². The van der Waals surface area contributed by atoms with Crippen molar-refractivity contribution in [3.05, 3.63) is 77.6 Å². The number of esters is 1. The maximum atomic E-state index is 12.3. The van der Waals surface area contributed by atoms with E-state index in [0.717, 1.165) is 5.06 Å². The van der Waals surface area contributed by atoms with Crippen molar-refractivity contribution in [2.24, 2.45) is 0 Å². The van der Waals surface area contributed by atoms with Gasteiger partial charge in [0.25, 0.3) is 11.8 Å². The quantitative estimate of drug-likeness (QED) is 0.425. The van der Waals surface area contributed by atoms with Gasteiger partial charge in [-0.1, -0.05) is 30.8 Å². The van der Waals surface area contributed by atoms with Crippen LogP contribution in [0.25, 0.3) is 0 Å². The minimum atomic E-state index is -0.560. The number of allylic oxidation sites excluding steroid dienone is 1. The Morgan fingerprint density at radius 1 is 1.04 bits per heavy atom. The Bertz CT molecular complexity index is 885. The first-order valence-electron chi connectivity index (χ1n) is 8.14. The summed E-state index contributed by atoms with van der Waals surface area (Å²) in [7, 11) is 0. The minimum Gasteiger partial charge on any atom is -0.482 e. The molecule has 2 aromatic rings. The highest BCUT2D eigenvalue weighted by molar-refractivity contribution is 6.20. The zero-order valence-corrected chi connectivity index (χ0v) is 14.6. The Morgan fingerprint density at radius 3 is 2.33 bits per heavy atom. The molecule has 0 radical (unpaired) electrons. The molecule has 138 valence electrons. The van der Waals surface area contributed by atoms with Crippen molar-refractivity contribution < 1.29 is 28.7 Å². The number of carbonyl (C=O) groups is 3. The molecule has 0 aromatic heterocycles. The molecule has 7 nitrogen and oxygen atoms in total. The predicted octanol–water partition coefficient (Wildman–Crippen LogP) is 2.87. The molecule has 0 N–H and O–H groups in total. The number of hydrogen-bond acceptors (Lipinski definition) is 6. The summed E-state index contributed by atoms with van der Waals surface area (Å²) in [6.07, 6.45) is 0. The maximum Gasteiger partial charge on any atom is 0.349 e. The van der Waals surface area contributed by atoms with Crippen molar-refractivity contribution in [2.75, 3.05) is 6.61 Å². The fourth-order valence-electron chi connectivity index (χ4n) is 2.51. The van der Waals surface area contributed by atoms with Crippen LogP contribution in [0.15, 0.2) is 60.9 Å². The van der Waals surface area contributed by atoms with Crippen molar-refractivity contribution in [3.8, 4) is 5.75 Å². The lowest BCUT2D eigenvalue weighted by molar-refractivity contribution is -0.141. The van der Waals surface area contributed by atoms with E-state index in [1.165, 1.54) is 0 Å².